The summed E-state index contributed by atoms with van der Waals surface area (Å²) in [5.74, 6) is -2.33. The first kappa shape index (κ1) is 65.1. The molecule has 4 heterocycles. The lowest BCUT2D eigenvalue weighted by atomic mass is 9.80. The van der Waals surface area contributed by atoms with Crippen LogP contribution in [0.3, 0.4) is 0 Å². The molecule has 0 radical (unpaired) electrons. The molecule has 26 heteroatoms. The number of allylic oxidation sites excluding steroid dienone is 7. The Morgan fingerprint density at radius 3 is 2.34 bits per heavy atom. The van der Waals surface area contributed by atoms with Gasteiger partial charge in [0.1, 0.15) is 29.8 Å². The Morgan fingerprint density at radius 1 is 0.921 bits per heavy atom. The van der Waals surface area contributed by atoms with Crippen molar-refractivity contribution in [2.75, 3.05) is 40.5 Å². The van der Waals surface area contributed by atoms with E-state index in [0.29, 0.717) is 72.8 Å². The Bertz CT molecular complexity index is 4330. The van der Waals surface area contributed by atoms with Crippen molar-refractivity contribution in [3.63, 3.8) is 0 Å². The number of anilines is 3. The van der Waals surface area contributed by atoms with Crippen LogP contribution in [0.25, 0.3) is 11.2 Å². The Labute approximate surface area is 516 Å². The first-order valence-electron chi connectivity index (χ1n) is 28.9. The molecule has 2 aliphatic heterocycles. The van der Waals surface area contributed by atoms with Gasteiger partial charge in [-0.25, -0.2) is 14.8 Å². The molecule has 6 aromatic rings. The average molecular weight is 1290 g/mol. The molecule has 9 rings (SSSR count). The Hall–Kier alpha value is -8.40. The molecular formula is C63H72N9O14S3+. The quantitative estimate of drug-likeness (QED) is 0.0151. The number of nitrogens with zero attached hydrogens (tertiary/aromatic N) is 5. The normalized spacial score (nSPS) is 17.0. The largest absolute Gasteiger partial charge is 0.480 e. The Kier molecular flexibility index (Phi) is 19.3. The summed E-state index contributed by atoms with van der Waals surface area (Å²) in [6.45, 7) is 11.3. The van der Waals surface area contributed by atoms with Gasteiger partial charge in [0.05, 0.1) is 35.4 Å². The number of carbonyl (C=O) groups is 2. The van der Waals surface area contributed by atoms with Crippen LogP contribution in [0.2, 0.25) is 0 Å². The van der Waals surface area contributed by atoms with Crippen molar-refractivity contribution in [3.05, 3.63) is 187 Å². The fourth-order valence-corrected chi connectivity index (χ4v) is 13.3. The zero-order valence-corrected chi connectivity index (χ0v) is 52.3. The minimum atomic E-state index is -4.36. The SMILES string of the molecule is Cc1ccc2c(c1)C(C)(C)/C(=C\C=C1/CCCC(/C=C/C3=[N+](CCCCS(=O)(=O)O)c4ccc(CS(=O)(=O)O)cc4C3(C)C)=C1O[14c]1c[14cH][13c]([14CH2][14C@H](NC(=O)c3ccc(NCc4cnc5nc(N)[nH]c(=O)c5n4)cc3)[14C](=O)O)[14cH][14cH]1)N2CCCCS(=O)(=O)O. The van der Waals surface area contributed by atoms with E-state index in [1.165, 1.54) is 6.20 Å². The highest BCUT2D eigenvalue weighted by Crippen LogP contribution is 2.49. The molecule has 0 spiro atoms. The van der Waals surface area contributed by atoms with Crippen LogP contribution in [0.1, 0.15) is 117 Å². The molecule has 89 heavy (non-hydrogen) atoms. The minimum Gasteiger partial charge on any atom is -0.480 e. The van der Waals surface area contributed by atoms with E-state index < -0.39 is 76.2 Å². The van der Waals surface area contributed by atoms with E-state index >= 15 is 0 Å². The van der Waals surface area contributed by atoms with Gasteiger partial charge >= 0.3 is 5.97 Å². The van der Waals surface area contributed by atoms with Crippen LogP contribution < -0.4 is 31.6 Å². The van der Waals surface area contributed by atoms with Gasteiger partial charge in [-0.3, -0.25) is 28.2 Å². The Balaban J connectivity index is 1.01. The Morgan fingerprint density at radius 2 is 1.65 bits per heavy atom. The zero-order chi connectivity index (χ0) is 64.2. The molecule has 4 aromatic carbocycles. The fraction of sp³-hybridized carbons (Fsp3) is 0.349. The third-order valence-corrected chi connectivity index (χ3v) is 18.4. The van der Waals surface area contributed by atoms with E-state index in [0.717, 1.165) is 57.0 Å². The molecule has 23 nitrogen and oxygen atoms in total. The van der Waals surface area contributed by atoms with E-state index in [9.17, 15) is 58.4 Å². The van der Waals surface area contributed by atoms with E-state index in [4.69, 9.17) is 10.5 Å². The second kappa shape index (κ2) is 26.4. The van der Waals surface area contributed by atoms with Crippen LogP contribution in [0, 0.1) is 6.92 Å². The summed E-state index contributed by atoms with van der Waals surface area (Å²) in [6.07, 6.45) is 12.7. The molecule has 0 unspecified atom stereocenters. The van der Waals surface area contributed by atoms with Crippen LogP contribution in [0.5, 0.6) is 5.75 Å². The van der Waals surface area contributed by atoms with Crippen molar-refractivity contribution < 1.29 is 62.9 Å². The van der Waals surface area contributed by atoms with Crippen molar-refractivity contribution in [1.29, 1.82) is 0 Å². The molecule has 0 saturated heterocycles. The van der Waals surface area contributed by atoms with Gasteiger partial charge < -0.3 is 31.1 Å². The van der Waals surface area contributed by atoms with Crippen molar-refractivity contribution in [2.24, 2.45) is 0 Å². The molecule has 1 atom stereocenters. The maximum absolute atomic E-state index is 13.5. The molecule has 2 aromatic heterocycles. The second-order valence-electron chi connectivity index (χ2n) is 23.5. The molecule has 9 N–H and O–H groups in total. The second-order valence-corrected chi connectivity index (χ2v) is 28.1. The summed E-state index contributed by atoms with van der Waals surface area (Å²) in [5, 5.41) is 16.1. The van der Waals surface area contributed by atoms with E-state index in [2.05, 4.69) is 72.1 Å². The number of nitrogens with two attached hydrogens (primary N) is 1. The maximum atomic E-state index is 13.5. The number of amides is 1. The predicted octanol–water partition coefficient (Wildman–Crippen LogP) is 8.42. The summed E-state index contributed by atoms with van der Waals surface area (Å²) in [5.41, 5.74) is 14.4. The number of carbonyl (C=O) groups excluding carboxylic acids is 1. The summed E-state index contributed by atoms with van der Waals surface area (Å²) in [6, 6.07) is 23.4. The van der Waals surface area contributed by atoms with Crippen LogP contribution in [0.4, 0.5) is 23.0 Å². The molecule has 0 bridgehead atoms. The first-order chi connectivity index (χ1) is 41.9. The highest BCUT2D eigenvalue weighted by molar-refractivity contribution is 7.86. The van der Waals surface area contributed by atoms with Crippen molar-refractivity contribution in [1.82, 2.24) is 25.3 Å². The predicted molar refractivity (Wildman–Crippen MR) is 339 cm³/mol. The van der Waals surface area contributed by atoms with Gasteiger partial charge in [0, 0.05) is 65.1 Å². The number of aromatic amines is 1. The zero-order valence-electron chi connectivity index (χ0n) is 49.9. The first-order valence-corrected chi connectivity index (χ1v) is 33.8. The van der Waals surface area contributed by atoms with Gasteiger partial charge in [0.25, 0.3) is 41.8 Å². The monoisotopic (exact) mass is 1290 g/mol. The standard InChI is InChI=1S/C63H71N9O14S3/c1-39-13-25-51-48(33-39)62(2,3)53(71(51)29-6-8-31-87(77,78)79)27-19-42-11-10-12-43(20-28-54-63(4,5)49-34-41(38-89(83,84)85)16-26-52(49)72(54)30-7-9-32-88(80,81)82)56(42)86-47-23-14-40(15-24-47)35-50(60(75)76)68-58(73)44-17-21-45(22-18-44)65-36-46-37-66-57-55(67-46)59(74)70-61(64)69-57/h13-28,33-34,37,50H,6-12,29-32,35-36,38H2,1-5H3,(H8-,64,65,66,68,69,70,73,74,75,76,77,78,79,80,81,82,83,84,85)/p+1/t50-/m0/s1/i14+2,15+2,23+2,35+2,40+1,47+2,50+2,60+2. The number of rotatable bonds is 25. The lowest BCUT2D eigenvalue weighted by molar-refractivity contribution is -0.438. The summed E-state index contributed by atoms with van der Waals surface area (Å²) < 4.78 is 109. The van der Waals surface area contributed by atoms with Crippen LogP contribution in [-0.4, -0.2) is 117 Å². The van der Waals surface area contributed by atoms with Crippen LogP contribution >= 0.6 is 0 Å². The van der Waals surface area contributed by atoms with Gasteiger partial charge in [-0.1, -0.05) is 55.8 Å². The fourth-order valence-electron chi connectivity index (χ4n) is 11.6. The summed E-state index contributed by atoms with van der Waals surface area (Å²) in [7, 11) is -12.7. The molecule has 470 valence electrons. The van der Waals surface area contributed by atoms with E-state index in [-0.39, 0.29) is 54.2 Å². The lowest BCUT2D eigenvalue weighted by Crippen LogP contribution is -2.42. The number of hydrogen-bond donors (Lipinski definition) is 8. The van der Waals surface area contributed by atoms with Gasteiger partial charge in [0.15, 0.2) is 16.9 Å². The lowest BCUT2D eigenvalue weighted by Gasteiger charge is -2.27. The molecule has 0 saturated carbocycles. The van der Waals surface area contributed by atoms with E-state index in [1.807, 2.05) is 45.1 Å². The summed E-state index contributed by atoms with van der Waals surface area (Å²) >= 11 is 0. The number of nitrogen functional groups attached to an aromatic ring is 1. The third-order valence-electron chi connectivity index (χ3n) is 16.1. The van der Waals surface area contributed by atoms with Crippen LogP contribution in [-0.2, 0) is 64.7 Å². The van der Waals surface area contributed by atoms with Crippen molar-refractivity contribution in [3.8, 4) is 5.75 Å². The number of H-pyrrole nitrogens is 1. The van der Waals surface area contributed by atoms with Crippen LogP contribution in [0.15, 0.2) is 143 Å². The number of aliphatic carboxylic acids is 1. The van der Waals surface area contributed by atoms with Gasteiger partial charge in [-0.2, -0.15) is 34.8 Å². The number of aromatic nitrogens is 4. The minimum absolute atomic E-state index is 0.0304. The smallest absolute Gasteiger partial charge is 0.326 e. The highest BCUT2D eigenvalue weighted by atomic mass is 32.2. The number of carboxylic acid groups (broad SMARTS) is 1. The molecule has 0 fully saturated rings. The highest BCUT2D eigenvalue weighted by Gasteiger charge is 2.45. The van der Waals surface area contributed by atoms with Gasteiger partial charge in [-0.15, -0.1) is 0 Å². The van der Waals surface area contributed by atoms with Crippen molar-refractivity contribution in [2.45, 2.75) is 115 Å². The van der Waals surface area contributed by atoms with Gasteiger partial charge in [-0.05, 0) is 148 Å². The number of hydrogen-bond acceptors (Lipinski definition) is 16. The summed E-state index contributed by atoms with van der Waals surface area (Å²) in [4.78, 5) is 55.6. The van der Waals surface area contributed by atoms with Crippen molar-refractivity contribution >= 4 is 82.1 Å². The average Bonchev–Trinajstić information content (AvgIpc) is 1.61. The van der Waals surface area contributed by atoms with E-state index in [1.54, 1.807) is 66.7 Å². The number of unbranched alkanes of at least 4 members (excludes halogenated alkanes) is 2. The molecule has 1 amide bonds. The number of ether oxygens (including phenoxy) is 1. The number of nitrogens with one attached hydrogen (secondary N) is 3. The maximum Gasteiger partial charge on any atom is 0.326 e. The third kappa shape index (κ3) is 16.1. The molecule has 1 aliphatic carbocycles. The molecule has 3 aliphatic rings. The van der Waals surface area contributed by atoms with Gasteiger partial charge in [0.2, 0.25) is 11.6 Å². The number of aryl methyl sites for hydroxylation is 1. The number of carboxylic acids is 1. The topological polar surface area (TPSA) is 355 Å². The number of benzene rings is 4. The molecular weight excluding hydrogens is 1220 g/mol. The number of fused-ring (bicyclic) bond motifs is 3.